The summed E-state index contributed by atoms with van der Waals surface area (Å²) in [5.74, 6) is 0.518. The fourth-order valence-electron chi connectivity index (χ4n) is 1.48. The van der Waals surface area contributed by atoms with Crippen molar-refractivity contribution >= 4 is 9.84 Å². The Morgan fingerprint density at radius 2 is 2.00 bits per heavy atom. The lowest BCUT2D eigenvalue weighted by Gasteiger charge is -2.10. The summed E-state index contributed by atoms with van der Waals surface area (Å²) in [7, 11) is -2.80. The molecule has 0 bridgehead atoms. The molecule has 0 aromatic rings. The van der Waals surface area contributed by atoms with Gasteiger partial charge in [-0.3, -0.25) is 0 Å². The van der Waals surface area contributed by atoms with Crippen molar-refractivity contribution in [1.82, 2.24) is 0 Å². The van der Waals surface area contributed by atoms with Crippen molar-refractivity contribution in [2.45, 2.75) is 32.6 Å². The quantitative estimate of drug-likeness (QED) is 0.704. The molecular formula is C9H18O3S. The standard InChI is InChI=1S/C9H18O3S/c1-2-13(11,12)7-3-4-9(8-10)5-6-9/h10H,2-8H2,1H3. The molecular weight excluding hydrogens is 188 g/mol. The lowest BCUT2D eigenvalue weighted by molar-refractivity contribution is 0.202. The molecule has 1 rings (SSSR count). The lowest BCUT2D eigenvalue weighted by Crippen LogP contribution is -2.12. The molecule has 0 atom stereocenters. The zero-order valence-corrected chi connectivity index (χ0v) is 8.94. The molecule has 78 valence electrons. The highest BCUT2D eigenvalue weighted by Gasteiger charge is 2.41. The van der Waals surface area contributed by atoms with Crippen molar-refractivity contribution < 1.29 is 13.5 Å². The molecule has 0 aliphatic heterocycles. The topological polar surface area (TPSA) is 54.4 Å². The minimum Gasteiger partial charge on any atom is -0.396 e. The first kappa shape index (κ1) is 11.0. The van der Waals surface area contributed by atoms with Crippen molar-refractivity contribution in [3.05, 3.63) is 0 Å². The van der Waals surface area contributed by atoms with E-state index < -0.39 is 9.84 Å². The van der Waals surface area contributed by atoms with Crippen LogP contribution in [0.3, 0.4) is 0 Å². The summed E-state index contributed by atoms with van der Waals surface area (Å²) in [6.07, 6.45) is 3.70. The molecule has 0 unspecified atom stereocenters. The van der Waals surface area contributed by atoms with E-state index in [2.05, 4.69) is 0 Å². The first-order valence-corrected chi connectivity index (χ1v) is 6.67. The van der Waals surface area contributed by atoms with Gasteiger partial charge in [0.25, 0.3) is 0 Å². The molecule has 0 aromatic carbocycles. The molecule has 0 spiro atoms. The van der Waals surface area contributed by atoms with Crippen LogP contribution in [0.15, 0.2) is 0 Å². The first-order valence-electron chi connectivity index (χ1n) is 4.85. The molecule has 3 nitrogen and oxygen atoms in total. The van der Waals surface area contributed by atoms with Gasteiger partial charge in [-0.1, -0.05) is 6.92 Å². The summed E-state index contributed by atoms with van der Waals surface area (Å²) in [6, 6.07) is 0. The van der Waals surface area contributed by atoms with Crippen LogP contribution in [0.25, 0.3) is 0 Å². The van der Waals surface area contributed by atoms with Crippen LogP contribution in [0.5, 0.6) is 0 Å². The van der Waals surface area contributed by atoms with Gasteiger partial charge in [0.1, 0.15) is 9.84 Å². The average Bonchev–Trinajstić information content (AvgIpc) is 2.85. The third-order valence-corrected chi connectivity index (χ3v) is 4.69. The molecule has 4 heteroatoms. The van der Waals surface area contributed by atoms with Gasteiger partial charge in [-0.15, -0.1) is 0 Å². The summed E-state index contributed by atoms with van der Waals surface area (Å²) in [5.41, 5.74) is 0.100. The maximum Gasteiger partial charge on any atom is 0.150 e. The van der Waals surface area contributed by atoms with Gasteiger partial charge in [0, 0.05) is 12.4 Å². The van der Waals surface area contributed by atoms with Gasteiger partial charge in [0.15, 0.2) is 0 Å². The van der Waals surface area contributed by atoms with Crippen LogP contribution in [0.4, 0.5) is 0 Å². The Balaban J connectivity index is 2.21. The van der Waals surface area contributed by atoms with E-state index in [1.807, 2.05) is 0 Å². The monoisotopic (exact) mass is 206 g/mol. The number of sulfone groups is 1. The first-order chi connectivity index (χ1) is 6.04. The summed E-state index contributed by atoms with van der Waals surface area (Å²) >= 11 is 0. The number of hydrogen-bond donors (Lipinski definition) is 1. The Labute approximate surface area is 80.1 Å². The Morgan fingerprint density at radius 3 is 2.38 bits per heavy atom. The van der Waals surface area contributed by atoms with E-state index in [9.17, 15) is 8.42 Å². The minimum atomic E-state index is -2.80. The van der Waals surface area contributed by atoms with Crippen LogP contribution in [0.1, 0.15) is 32.6 Å². The van der Waals surface area contributed by atoms with E-state index in [1.165, 1.54) is 0 Å². The van der Waals surface area contributed by atoms with Crippen molar-refractivity contribution in [1.29, 1.82) is 0 Å². The molecule has 0 heterocycles. The highest BCUT2D eigenvalue weighted by molar-refractivity contribution is 7.91. The van der Waals surface area contributed by atoms with E-state index >= 15 is 0 Å². The highest BCUT2D eigenvalue weighted by Crippen LogP contribution is 2.48. The largest absolute Gasteiger partial charge is 0.396 e. The fourth-order valence-corrected chi connectivity index (χ4v) is 2.35. The Hall–Kier alpha value is -0.0900. The van der Waals surface area contributed by atoms with Gasteiger partial charge in [0.2, 0.25) is 0 Å². The normalized spacial score (nSPS) is 20.2. The molecule has 0 radical (unpaired) electrons. The number of aliphatic hydroxyl groups is 1. The maximum absolute atomic E-state index is 11.1. The third kappa shape index (κ3) is 3.27. The molecule has 1 aliphatic carbocycles. The van der Waals surface area contributed by atoms with E-state index in [-0.39, 0.29) is 23.5 Å². The van der Waals surface area contributed by atoms with Gasteiger partial charge in [0.05, 0.1) is 5.75 Å². The predicted molar refractivity (Wildman–Crippen MR) is 52.3 cm³/mol. The SMILES string of the molecule is CCS(=O)(=O)CCCC1(CO)CC1. The maximum atomic E-state index is 11.1. The van der Waals surface area contributed by atoms with Crippen LogP contribution in [0.2, 0.25) is 0 Å². The van der Waals surface area contributed by atoms with Crippen molar-refractivity contribution in [2.75, 3.05) is 18.1 Å². The Bertz CT molecular complexity index is 252. The van der Waals surface area contributed by atoms with E-state index in [0.29, 0.717) is 6.42 Å². The lowest BCUT2D eigenvalue weighted by atomic mass is 10.0. The van der Waals surface area contributed by atoms with E-state index in [1.54, 1.807) is 6.92 Å². The van der Waals surface area contributed by atoms with E-state index in [4.69, 9.17) is 5.11 Å². The summed E-state index contributed by atoms with van der Waals surface area (Å²) in [4.78, 5) is 0. The van der Waals surface area contributed by atoms with Gasteiger partial charge in [-0.25, -0.2) is 8.42 Å². The second-order valence-corrected chi connectivity index (χ2v) is 6.47. The number of aliphatic hydroxyl groups excluding tert-OH is 1. The minimum absolute atomic E-state index is 0.100. The summed E-state index contributed by atoms with van der Waals surface area (Å²) < 4.78 is 22.3. The van der Waals surface area contributed by atoms with Gasteiger partial charge in [-0.05, 0) is 31.1 Å². The molecule has 1 N–H and O–H groups in total. The summed E-state index contributed by atoms with van der Waals surface area (Å²) in [6.45, 7) is 1.90. The second-order valence-electron chi connectivity index (χ2n) is 4.00. The molecule has 13 heavy (non-hydrogen) atoms. The molecule has 1 fully saturated rings. The Kier molecular flexibility index (Phi) is 3.35. The predicted octanol–water partition coefficient (Wildman–Crippen LogP) is 0.974. The molecule has 0 saturated heterocycles. The van der Waals surface area contributed by atoms with Crippen LogP contribution < -0.4 is 0 Å². The zero-order valence-electron chi connectivity index (χ0n) is 8.12. The van der Waals surface area contributed by atoms with Crippen molar-refractivity contribution in [3.8, 4) is 0 Å². The van der Waals surface area contributed by atoms with Gasteiger partial charge < -0.3 is 5.11 Å². The third-order valence-electron chi connectivity index (χ3n) is 2.89. The molecule has 0 amide bonds. The van der Waals surface area contributed by atoms with Crippen molar-refractivity contribution in [3.63, 3.8) is 0 Å². The average molecular weight is 206 g/mol. The highest BCUT2D eigenvalue weighted by atomic mass is 32.2. The van der Waals surface area contributed by atoms with Crippen LogP contribution in [-0.4, -0.2) is 31.6 Å². The Morgan fingerprint density at radius 1 is 1.38 bits per heavy atom. The summed E-state index contributed by atoms with van der Waals surface area (Å²) in [5, 5.41) is 8.99. The van der Waals surface area contributed by atoms with Gasteiger partial charge >= 0.3 is 0 Å². The zero-order chi connectivity index (χ0) is 9.95. The van der Waals surface area contributed by atoms with Crippen molar-refractivity contribution in [2.24, 2.45) is 5.41 Å². The second kappa shape index (κ2) is 3.96. The van der Waals surface area contributed by atoms with Crippen LogP contribution in [-0.2, 0) is 9.84 Å². The van der Waals surface area contributed by atoms with Gasteiger partial charge in [-0.2, -0.15) is 0 Å². The molecule has 0 aromatic heterocycles. The number of hydrogen-bond acceptors (Lipinski definition) is 3. The fraction of sp³-hybridized carbons (Fsp3) is 1.00. The van der Waals surface area contributed by atoms with E-state index in [0.717, 1.165) is 19.3 Å². The van der Waals surface area contributed by atoms with Crippen LogP contribution >= 0.6 is 0 Å². The smallest absolute Gasteiger partial charge is 0.150 e. The molecule has 1 saturated carbocycles. The molecule has 1 aliphatic rings. The number of rotatable bonds is 6. The van der Waals surface area contributed by atoms with Crippen LogP contribution in [0, 0.1) is 5.41 Å².